The smallest absolute Gasteiger partial charge is 0.253 e. The molecule has 0 aliphatic carbocycles. The minimum Gasteiger partial charge on any atom is -0.481 e. The van der Waals surface area contributed by atoms with Gasteiger partial charge in [-0.2, -0.15) is 4.98 Å². The van der Waals surface area contributed by atoms with E-state index in [0.717, 1.165) is 5.56 Å². The van der Waals surface area contributed by atoms with Gasteiger partial charge in [0.15, 0.2) is 0 Å². The molecular weight excluding hydrogens is 306 g/mol. The Morgan fingerprint density at radius 3 is 2.50 bits per heavy atom. The van der Waals surface area contributed by atoms with Crippen LogP contribution in [0.25, 0.3) is 0 Å². The fourth-order valence-electron chi connectivity index (χ4n) is 2.67. The number of anilines is 1. The zero-order valence-corrected chi connectivity index (χ0v) is 13.7. The lowest BCUT2D eigenvalue weighted by Gasteiger charge is -2.34. The molecule has 1 aromatic heterocycles. The molecule has 2 N–H and O–H groups in total. The lowest BCUT2D eigenvalue weighted by atomic mass is 10.1. The number of aromatic nitrogens is 2. The molecule has 0 radical (unpaired) electrons. The highest BCUT2D eigenvalue weighted by Gasteiger charge is 2.23. The molecular formula is C17H21N5O2. The normalized spacial score (nSPS) is 14.6. The Kier molecular flexibility index (Phi) is 4.90. The molecule has 0 atom stereocenters. The molecule has 3 rings (SSSR count). The van der Waals surface area contributed by atoms with Crippen LogP contribution in [0.15, 0.2) is 36.5 Å². The Morgan fingerprint density at radius 2 is 1.88 bits per heavy atom. The molecule has 0 saturated carbocycles. The number of ether oxygens (including phenoxy) is 1. The van der Waals surface area contributed by atoms with Crippen molar-refractivity contribution in [2.24, 2.45) is 5.73 Å². The molecule has 2 heterocycles. The number of rotatable bonds is 4. The van der Waals surface area contributed by atoms with Crippen molar-refractivity contribution >= 4 is 11.9 Å². The van der Waals surface area contributed by atoms with E-state index in [1.54, 1.807) is 19.4 Å². The number of nitrogens with two attached hydrogens (primary N) is 1. The van der Waals surface area contributed by atoms with E-state index in [9.17, 15) is 4.79 Å². The monoisotopic (exact) mass is 327 g/mol. The van der Waals surface area contributed by atoms with Gasteiger partial charge in [0.2, 0.25) is 11.8 Å². The van der Waals surface area contributed by atoms with Crippen molar-refractivity contribution < 1.29 is 9.53 Å². The third-order valence-electron chi connectivity index (χ3n) is 4.11. The van der Waals surface area contributed by atoms with E-state index < -0.39 is 0 Å². The maximum atomic E-state index is 12.6. The molecule has 2 aromatic rings. The first kappa shape index (κ1) is 16.2. The summed E-state index contributed by atoms with van der Waals surface area (Å²) in [5.41, 5.74) is 7.30. The van der Waals surface area contributed by atoms with Gasteiger partial charge in [-0.05, 0) is 17.7 Å². The molecule has 24 heavy (non-hydrogen) atoms. The summed E-state index contributed by atoms with van der Waals surface area (Å²) in [6.07, 6.45) is 1.68. The summed E-state index contributed by atoms with van der Waals surface area (Å²) < 4.78 is 5.13. The molecule has 1 fully saturated rings. The van der Waals surface area contributed by atoms with Gasteiger partial charge in [0.1, 0.15) is 0 Å². The summed E-state index contributed by atoms with van der Waals surface area (Å²) in [6, 6.07) is 9.18. The number of benzene rings is 1. The summed E-state index contributed by atoms with van der Waals surface area (Å²) in [6.45, 7) is 3.14. The largest absolute Gasteiger partial charge is 0.481 e. The molecule has 1 aliphatic heterocycles. The highest BCUT2D eigenvalue weighted by atomic mass is 16.5. The molecule has 0 unspecified atom stereocenters. The quantitative estimate of drug-likeness (QED) is 0.898. The predicted molar refractivity (Wildman–Crippen MR) is 91.0 cm³/mol. The zero-order valence-electron chi connectivity index (χ0n) is 13.7. The molecule has 7 nitrogen and oxygen atoms in total. The van der Waals surface area contributed by atoms with Crippen molar-refractivity contribution in [2.45, 2.75) is 6.54 Å². The van der Waals surface area contributed by atoms with E-state index in [1.807, 2.05) is 29.2 Å². The lowest BCUT2D eigenvalue weighted by Crippen LogP contribution is -2.49. The van der Waals surface area contributed by atoms with Gasteiger partial charge in [-0.25, -0.2) is 4.98 Å². The average Bonchev–Trinajstić information content (AvgIpc) is 2.67. The second-order valence-corrected chi connectivity index (χ2v) is 5.58. The van der Waals surface area contributed by atoms with E-state index >= 15 is 0 Å². The first-order chi connectivity index (χ1) is 11.7. The Morgan fingerprint density at radius 1 is 1.17 bits per heavy atom. The number of methoxy groups -OCH3 is 1. The second kappa shape index (κ2) is 7.27. The first-order valence-electron chi connectivity index (χ1n) is 7.91. The third kappa shape index (κ3) is 3.46. The van der Waals surface area contributed by atoms with Gasteiger partial charge in [-0.1, -0.05) is 12.1 Å². The number of hydrogen-bond donors (Lipinski definition) is 1. The van der Waals surface area contributed by atoms with Crippen LogP contribution >= 0.6 is 0 Å². The lowest BCUT2D eigenvalue weighted by molar-refractivity contribution is 0.0746. The second-order valence-electron chi connectivity index (χ2n) is 5.58. The number of amides is 1. The van der Waals surface area contributed by atoms with Crippen molar-refractivity contribution in [3.05, 3.63) is 47.7 Å². The molecule has 0 spiro atoms. The zero-order chi connectivity index (χ0) is 16.9. The molecule has 1 amide bonds. The van der Waals surface area contributed by atoms with Crippen LogP contribution in [0, 0.1) is 0 Å². The van der Waals surface area contributed by atoms with Crippen LogP contribution in [-0.4, -0.2) is 54.1 Å². The van der Waals surface area contributed by atoms with Crippen LogP contribution in [0.1, 0.15) is 15.9 Å². The third-order valence-corrected chi connectivity index (χ3v) is 4.11. The van der Waals surface area contributed by atoms with Crippen LogP contribution in [0.3, 0.4) is 0 Å². The summed E-state index contributed by atoms with van der Waals surface area (Å²) in [7, 11) is 1.58. The minimum atomic E-state index is 0.0461. The van der Waals surface area contributed by atoms with Crippen LogP contribution in [0.5, 0.6) is 5.88 Å². The molecule has 1 saturated heterocycles. The van der Waals surface area contributed by atoms with Gasteiger partial charge in [0, 0.05) is 50.6 Å². The summed E-state index contributed by atoms with van der Waals surface area (Å²) in [4.78, 5) is 25.1. The van der Waals surface area contributed by atoms with Crippen molar-refractivity contribution in [1.82, 2.24) is 14.9 Å². The van der Waals surface area contributed by atoms with Gasteiger partial charge in [-0.15, -0.1) is 0 Å². The number of carbonyl (C=O) groups excluding carboxylic acids is 1. The predicted octanol–water partition coefficient (Wildman–Crippen LogP) is 0.906. The number of hydrogen-bond acceptors (Lipinski definition) is 6. The SMILES string of the molecule is COc1ccnc(N2CCN(C(=O)c3ccc(CN)cc3)CC2)n1. The van der Waals surface area contributed by atoms with Crippen LogP contribution < -0.4 is 15.4 Å². The van der Waals surface area contributed by atoms with Gasteiger partial charge >= 0.3 is 0 Å². The molecule has 1 aliphatic rings. The number of piperazine rings is 1. The minimum absolute atomic E-state index is 0.0461. The van der Waals surface area contributed by atoms with Crippen molar-refractivity contribution in [3.63, 3.8) is 0 Å². The first-order valence-corrected chi connectivity index (χ1v) is 7.91. The Labute approximate surface area is 141 Å². The maximum Gasteiger partial charge on any atom is 0.253 e. The van der Waals surface area contributed by atoms with E-state index in [2.05, 4.69) is 14.9 Å². The highest BCUT2D eigenvalue weighted by molar-refractivity contribution is 5.94. The Bertz CT molecular complexity index is 696. The van der Waals surface area contributed by atoms with E-state index in [4.69, 9.17) is 10.5 Å². The van der Waals surface area contributed by atoms with Crippen molar-refractivity contribution in [2.75, 3.05) is 38.2 Å². The number of nitrogens with zero attached hydrogens (tertiary/aromatic N) is 4. The van der Waals surface area contributed by atoms with E-state index in [-0.39, 0.29) is 5.91 Å². The van der Waals surface area contributed by atoms with E-state index in [0.29, 0.717) is 50.1 Å². The molecule has 0 bridgehead atoms. The molecule has 126 valence electrons. The summed E-state index contributed by atoms with van der Waals surface area (Å²) in [5, 5.41) is 0. The number of carbonyl (C=O) groups is 1. The molecule has 7 heteroatoms. The van der Waals surface area contributed by atoms with Crippen LogP contribution in [0.4, 0.5) is 5.95 Å². The Hall–Kier alpha value is -2.67. The topological polar surface area (TPSA) is 84.6 Å². The maximum absolute atomic E-state index is 12.6. The van der Waals surface area contributed by atoms with E-state index in [1.165, 1.54) is 0 Å². The summed E-state index contributed by atoms with van der Waals surface area (Å²) >= 11 is 0. The van der Waals surface area contributed by atoms with Gasteiger partial charge in [0.05, 0.1) is 7.11 Å². The highest BCUT2D eigenvalue weighted by Crippen LogP contribution is 2.16. The Balaban J connectivity index is 1.62. The van der Waals surface area contributed by atoms with Crippen LogP contribution in [-0.2, 0) is 6.54 Å². The summed E-state index contributed by atoms with van der Waals surface area (Å²) in [5.74, 6) is 1.22. The van der Waals surface area contributed by atoms with Gasteiger partial charge in [-0.3, -0.25) is 4.79 Å². The van der Waals surface area contributed by atoms with Crippen LogP contribution in [0.2, 0.25) is 0 Å². The fraction of sp³-hybridized carbons (Fsp3) is 0.353. The molecule has 1 aromatic carbocycles. The fourth-order valence-corrected chi connectivity index (χ4v) is 2.67. The van der Waals surface area contributed by atoms with Crippen molar-refractivity contribution in [3.8, 4) is 5.88 Å². The van der Waals surface area contributed by atoms with Gasteiger partial charge in [0.25, 0.3) is 5.91 Å². The average molecular weight is 327 g/mol. The van der Waals surface area contributed by atoms with Crippen molar-refractivity contribution in [1.29, 1.82) is 0 Å². The van der Waals surface area contributed by atoms with Gasteiger partial charge < -0.3 is 20.3 Å². The standard InChI is InChI=1S/C17H21N5O2/c1-24-15-6-7-19-17(20-15)22-10-8-21(9-11-22)16(23)14-4-2-13(12-18)3-5-14/h2-7H,8-12,18H2,1H3.